The van der Waals surface area contributed by atoms with E-state index in [-0.39, 0.29) is 53.2 Å². The molecule has 2 aliphatic rings. The van der Waals surface area contributed by atoms with Gasteiger partial charge in [-0.15, -0.1) is 11.8 Å². The zero-order valence-corrected chi connectivity index (χ0v) is 31.8. The first-order valence-corrected chi connectivity index (χ1v) is 19.8. The number of nitrogens with zero attached hydrogens (tertiary/aromatic N) is 2. The Morgan fingerprint density at radius 3 is 2.33 bits per heavy atom. The summed E-state index contributed by atoms with van der Waals surface area (Å²) in [6.07, 6.45) is 2.08. The van der Waals surface area contributed by atoms with Crippen LogP contribution < -0.4 is 10.6 Å². The number of aromatic nitrogens is 1. The topological polar surface area (TPSA) is 171 Å². The first-order valence-electron chi connectivity index (χ1n) is 17.1. The Morgan fingerprint density at radius 1 is 1.12 bits per heavy atom. The fourth-order valence-corrected chi connectivity index (χ4v) is 8.76. The van der Waals surface area contributed by atoms with Crippen molar-refractivity contribution < 1.29 is 32.1 Å². The Morgan fingerprint density at radius 2 is 1.76 bits per heavy atom. The number of aliphatic imine (C=N–C) groups is 1. The summed E-state index contributed by atoms with van der Waals surface area (Å²) < 4.78 is 37.7. The van der Waals surface area contributed by atoms with Gasteiger partial charge in [-0.3, -0.25) is 14.1 Å². The number of rotatable bonds is 12. The van der Waals surface area contributed by atoms with Gasteiger partial charge in [0, 0.05) is 18.2 Å². The molecule has 1 aromatic heterocycles. The first kappa shape index (κ1) is 39.6. The molecule has 2 aromatic rings. The van der Waals surface area contributed by atoms with E-state index in [0.29, 0.717) is 46.2 Å². The fraction of sp³-hybridized carbons (Fsp3) is 0.486. The summed E-state index contributed by atoms with van der Waals surface area (Å²) in [4.78, 5) is 51.8. The van der Waals surface area contributed by atoms with Gasteiger partial charge < -0.3 is 20.4 Å². The molecule has 0 radical (unpaired) electrons. The molecule has 1 aromatic carbocycles. The van der Waals surface area contributed by atoms with Crippen LogP contribution >= 0.6 is 11.8 Å². The number of ether oxygens (including phenoxy) is 1. The summed E-state index contributed by atoms with van der Waals surface area (Å²) in [5, 5.41) is 4.99. The minimum atomic E-state index is -4.12. The number of aromatic amines is 1. The molecule has 1 fully saturated rings. The number of allylic oxidation sites excluding steroid dienone is 1. The second-order valence-corrected chi connectivity index (χ2v) is 16.4. The van der Waals surface area contributed by atoms with E-state index in [4.69, 9.17) is 20.9 Å². The van der Waals surface area contributed by atoms with Gasteiger partial charge >= 0.3 is 5.97 Å². The summed E-state index contributed by atoms with van der Waals surface area (Å²) in [7, 11) is -4.12. The van der Waals surface area contributed by atoms with Crippen LogP contribution in [0.2, 0.25) is 0 Å². The Balaban J connectivity index is 1.85. The fourth-order valence-electron chi connectivity index (χ4n) is 7.03. The molecular formula is C37H47N5O7S2. The standard InChI is InChI=1S/C37H47N5O7S2/c1-9-27(50-16-13-17-51(46,47)48)36(44)42-34-28(37(45)49-33-21(3)18-20(2)19-22(33)4)23(5)30(40-34)29(26-14-11-10-12-15-26)31-24(6)32(38-8)35(41-31)39-25(7)43/h10-12,14-15,20-22,27,33,41H,9,13,16-19H2,1-7H3,(H,39,43)(H,40,42,44)(H,46,47,48). The summed E-state index contributed by atoms with van der Waals surface area (Å²) in [5.41, 5.74) is 3.55. The van der Waals surface area contributed by atoms with Gasteiger partial charge in [-0.25, -0.2) is 14.6 Å². The highest BCUT2D eigenvalue weighted by molar-refractivity contribution is 8.00. The number of anilines is 1. The van der Waals surface area contributed by atoms with E-state index in [1.165, 1.54) is 18.7 Å². The molecule has 2 amide bonds. The lowest BCUT2D eigenvalue weighted by molar-refractivity contribution is -0.152. The summed E-state index contributed by atoms with van der Waals surface area (Å²) >= 11 is 1.25. The molecule has 0 spiro atoms. The van der Waals surface area contributed by atoms with Crippen LogP contribution in [0.5, 0.6) is 0 Å². The minimum absolute atomic E-state index is 0.0316. The molecule has 1 aliphatic carbocycles. The average Bonchev–Trinajstić information content (AvgIpc) is 3.53. The van der Waals surface area contributed by atoms with E-state index in [1.54, 1.807) is 13.8 Å². The third kappa shape index (κ3) is 9.58. The predicted molar refractivity (Wildman–Crippen MR) is 201 cm³/mol. The third-order valence-electron chi connectivity index (χ3n) is 9.26. The summed E-state index contributed by atoms with van der Waals surface area (Å²) in [5.74, 6) is -0.440. The molecule has 1 aliphatic heterocycles. The number of amidine groups is 1. The van der Waals surface area contributed by atoms with Crippen molar-refractivity contribution in [1.29, 1.82) is 0 Å². The third-order valence-corrected chi connectivity index (χ3v) is 11.5. The normalized spacial score (nSPS) is 22.1. The van der Waals surface area contributed by atoms with E-state index in [2.05, 4.69) is 41.2 Å². The average molecular weight is 738 g/mol. The number of nitrogens with one attached hydrogen (secondary N) is 3. The molecule has 2 heterocycles. The molecule has 51 heavy (non-hydrogen) atoms. The lowest BCUT2D eigenvalue weighted by atomic mass is 9.75. The number of benzene rings is 1. The number of carbonyl (C=O) groups excluding carboxylic acids is 3. The molecule has 12 nitrogen and oxygen atoms in total. The number of amides is 2. The smallest absolute Gasteiger partial charge is 0.342 e. The molecule has 1 saturated carbocycles. The molecule has 0 bridgehead atoms. The zero-order valence-electron chi connectivity index (χ0n) is 30.1. The van der Waals surface area contributed by atoms with E-state index < -0.39 is 33.0 Å². The largest absolute Gasteiger partial charge is 0.458 e. The van der Waals surface area contributed by atoms with Gasteiger partial charge in [0.15, 0.2) is 0 Å². The van der Waals surface area contributed by atoms with Crippen molar-refractivity contribution in [3.63, 3.8) is 0 Å². The van der Waals surface area contributed by atoms with E-state index in [0.717, 1.165) is 18.4 Å². The first-order chi connectivity index (χ1) is 24.1. The van der Waals surface area contributed by atoms with Gasteiger partial charge in [0.1, 0.15) is 23.3 Å². The minimum Gasteiger partial charge on any atom is -0.458 e. The Hall–Kier alpha value is -4.19. The number of carbonyl (C=O) groups is 3. The number of hydrogen-bond donors (Lipinski definition) is 4. The lowest BCUT2D eigenvalue weighted by Gasteiger charge is -2.37. The highest BCUT2D eigenvalue weighted by Gasteiger charge is 2.38. The second-order valence-electron chi connectivity index (χ2n) is 13.5. The van der Waals surface area contributed by atoms with Crippen molar-refractivity contribution in [3.05, 3.63) is 75.4 Å². The molecule has 4 rings (SSSR count). The van der Waals surface area contributed by atoms with Crippen molar-refractivity contribution in [2.45, 2.75) is 85.5 Å². The van der Waals surface area contributed by atoms with Gasteiger partial charge in [0.2, 0.25) is 17.5 Å². The predicted octanol–water partition coefficient (Wildman–Crippen LogP) is 6.84. The van der Waals surface area contributed by atoms with Crippen LogP contribution in [0.25, 0.3) is 10.4 Å². The lowest BCUT2D eigenvalue weighted by Crippen LogP contribution is -2.41. The molecule has 3 atom stereocenters. The van der Waals surface area contributed by atoms with Crippen LogP contribution in [0.15, 0.2) is 52.2 Å². The van der Waals surface area contributed by atoms with Crippen LogP contribution in [-0.4, -0.2) is 64.4 Å². The van der Waals surface area contributed by atoms with Crippen LogP contribution in [0.3, 0.4) is 0 Å². The van der Waals surface area contributed by atoms with Gasteiger partial charge in [0.05, 0.1) is 23.3 Å². The van der Waals surface area contributed by atoms with E-state index in [9.17, 15) is 22.8 Å². The van der Waals surface area contributed by atoms with Crippen molar-refractivity contribution in [2.75, 3.05) is 16.8 Å². The maximum Gasteiger partial charge on any atom is 0.342 e. The molecular weight excluding hydrogens is 691 g/mol. The summed E-state index contributed by atoms with van der Waals surface area (Å²) in [6, 6.07) is 9.32. The Kier molecular flexibility index (Phi) is 13.1. The monoisotopic (exact) mass is 737 g/mol. The molecule has 0 saturated heterocycles. The number of hydrogen-bond acceptors (Lipinski definition) is 8. The van der Waals surface area contributed by atoms with Crippen LogP contribution in [-0.2, 0) is 29.2 Å². The molecule has 4 N–H and O–H groups in total. The van der Waals surface area contributed by atoms with E-state index in [1.807, 2.05) is 37.3 Å². The second kappa shape index (κ2) is 16.9. The number of H-pyrrole nitrogens is 1. The van der Waals surface area contributed by atoms with Gasteiger partial charge in [-0.1, -0.05) is 58.0 Å². The van der Waals surface area contributed by atoms with Crippen molar-refractivity contribution in [2.24, 2.45) is 22.7 Å². The number of thioether (sulfide) groups is 1. The van der Waals surface area contributed by atoms with E-state index >= 15 is 0 Å². The molecule has 14 heteroatoms. The van der Waals surface area contributed by atoms with Crippen LogP contribution in [0, 0.1) is 31.2 Å². The SMILES string of the molecule is [C-]#[N+]c1c(NC(C)=O)[nH]c(C(=C2N=C(NC(=O)C(CC)SCCCS(=O)(=O)O)C(C(=O)OC3C(C)CC(C)CC3C)=C2C)c2ccccc2)c1C. The van der Waals surface area contributed by atoms with Crippen molar-refractivity contribution in [3.8, 4) is 0 Å². The Labute approximate surface area is 304 Å². The highest BCUT2D eigenvalue weighted by atomic mass is 32.2. The van der Waals surface area contributed by atoms with Crippen molar-refractivity contribution in [1.82, 2.24) is 10.3 Å². The maximum atomic E-state index is 14.3. The number of esters is 1. The maximum absolute atomic E-state index is 14.3. The van der Waals surface area contributed by atoms with Crippen molar-refractivity contribution >= 4 is 62.6 Å². The van der Waals surface area contributed by atoms with Crippen LogP contribution in [0.1, 0.15) is 84.0 Å². The molecule has 274 valence electrons. The summed E-state index contributed by atoms with van der Waals surface area (Å²) in [6.45, 7) is 20.9. The van der Waals surface area contributed by atoms with Gasteiger partial charge in [-0.05, 0) is 79.7 Å². The highest BCUT2D eigenvalue weighted by Crippen LogP contribution is 2.42. The quantitative estimate of drug-likeness (QED) is 0.0794. The van der Waals surface area contributed by atoms with Gasteiger partial charge in [0.25, 0.3) is 10.1 Å². The molecule has 3 unspecified atom stereocenters. The Bertz CT molecular complexity index is 1900. The zero-order chi connectivity index (χ0) is 37.6. The van der Waals surface area contributed by atoms with Crippen LogP contribution in [0.4, 0.5) is 11.5 Å². The van der Waals surface area contributed by atoms with Gasteiger partial charge in [-0.2, -0.15) is 8.42 Å².